The van der Waals surface area contributed by atoms with Crippen LogP contribution in [0.5, 0.6) is 0 Å². The minimum atomic E-state index is 0.100. The Kier molecular flexibility index (Phi) is 5.51. The van der Waals surface area contributed by atoms with E-state index in [1.807, 2.05) is 11.0 Å². The Hall–Kier alpha value is -1.88. The Morgan fingerprint density at radius 3 is 2.62 bits per heavy atom. The Morgan fingerprint density at radius 2 is 1.96 bits per heavy atom. The van der Waals surface area contributed by atoms with Gasteiger partial charge in [0.15, 0.2) is 0 Å². The first kappa shape index (κ1) is 17.0. The quantitative estimate of drug-likeness (QED) is 0.826. The molecule has 1 aromatic rings. The van der Waals surface area contributed by atoms with Crippen molar-refractivity contribution >= 4 is 11.8 Å². The highest BCUT2D eigenvalue weighted by atomic mass is 16.2. The van der Waals surface area contributed by atoms with Crippen molar-refractivity contribution in [2.75, 3.05) is 32.7 Å². The maximum Gasteiger partial charge on any atom is 0.242 e. The van der Waals surface area contributed by atoms with Gasteiger partial charge >= 0.3 is 0 Å². The molecule has 0 aromatic heterocycles. The summed E-state index contributed by atoms with van der Waals surface area (Å²) in [5, 5.41) is 0. The van der Waals surface area contributed by atoms with Gasteiger partial charge in [-0.15, -0.1) is 0 Å². The van der Waals surface area contributed by atoms with Gasteiger partial charge in [0.25, 0.3) is 0 Å². The largest absolute Gasteiger partial charge is 0.338 e. The number of carbonyl (C=O) groups is 2. The first-order valence-electron chi connectivity index (χ1n) is 9.01. The van der Waals surface area contributed by atoms with Crippen LogP contribution in [-0.4, -0.2) is 65.3 Å². The smallest absolute Gasteiger partial charge is 0.242 e. The second-order valence-electron chi connectivity index (χ2n) is 6.78. The highest BCUT2D eigenvalue weighted by Gasteiger charge is 2.30. The van der Waals surface area contributed by atoms with E-state index in [2.05, 4.69) is 36.1 Å². The Morgan fingerprint density at radius 1 is 1.17 bits per heavy atom. The summed E-state index contributed by atoms with van der Waals surface area (Å²) in [5.41, 5.74) is 1.32. The van der Waals surface area contributed by atoms with Gasteiger partial charge in [-0.3, -0.25) is 14.5 Å². The molecule has 0 radical (unpaired) electrons. The van der Waals surface area contributed by atoms with Gasteiger partial charge < -0.3 is 9.80 Å². The van der Waals surface area contributed by atoms with Crippen molar-refractivity contribution in [1.82, 2.24) is 14.7 Å². The van der Waals surface area contributed by atoms with Crippen LogP contribution in [0.1, 0.15) is 31.7 Å². The predicted octanol–water partition coefficient (Wildman–Crippen LogP) is 1.73. The molecule has 0 bridgehead atoms. The average Bonchev–Trinajstić information content (AvgIpc) is 3.01. The molecule has 0 saturated carbocycles. The van der Waals surface area contributed by atoms with Crippen LogP contribution in [0.25, 0.3) is 0 Å². The van der Waals surface area contributed by atoms with E-state index in [0.717, 1.165) is 45.6 Å². The van der Waals surface area contributed by atoms with Gasteiger partial charge in [0.2, 0.25) is 11.8 Å². The van der Waals surface area contributed by atoms with Gasteiger partial charge in [0.05, 0.1) is 6.54 Å². The molecule has 3 rings (SSSR count). The van der Waals surface area contributed by atoms with Crippen molar-refractivity contribution in [2.45, 2.75) is 38.8 Å². The summed E-state index contributed by atoms with van der Waals surface area (Å²) in [7, 11) is 0. The molecule has 2 heterocycles. The summed E-state index contributed by atoms with van der Waals surface area (Å²) < 4.78 is 0. The van der Waals surface area contributed by atoms with Gasteiger partial charge in [-0.25, -0.2) is 0 Å². The number of hydrogen-bond donors (Lipinski definition) is 0. The lowest BCUT2D eigenvalue weighted by atomic mass is 10.1. The number of hydrogen-bond acceptors (Lipinski definition) is 3. The zero-order valence-corrected chi connectivity index (χ0v) is 14.5. The summed E-state index contributed by atoms with van der Waals surface area (Å²) in [6, 6.07) is 10.9. The molecule has 0 spiro atoms. The van der Waals surface area contributed by atoms with Crippen molar-refractivity contribution in [2.24, 2.45) is 0 Å². The van der Waals surface area contributed by atoms with Crippen LogP contribution in [0.4, 0.5) is 0 Å². The summed E-state index contributed by atoms with van der Waals surface area (Å²) >= 11 is 0. The van der Waals surface area contributed by atoms with Crippen LogP contribution < -0.4 is 0 Å². The fourth-order valence-corrected chi connectivity index (χ4v) is 3.67. The van der Waals surface area contributed by atoms with Crippen LogP contribution in [0.15, 0.2) is 30.3 Å². The summed E-state index contributed by atoms with van der Waals surface area (Å²) in [6.45, 7) is 6.53. The van der Waals surface area contributed by atoms with Crippen molar-refractivity contribution < 1.29 is 9.59 Å². The zero-order chi connectivity index (χ0) is 16.9. The maximum absolute atomic E-state index is 12.5. The van der Waals surface area contributed by atoms with Crippen molar-refractivity contribution in [3.8, 4) is 0 Å². The minimum absolute atomic E-state index is 0.100. The number of amides is 2. The predicted molar refractivity (Wildman–Crippen MR) is 93.3 cm³/mol. The lowest BCUT2D eigenvalue weighted by molar-refractivity contribution is -0.140. The Bertz CT molecular complexity index is 575. The first-order valence-corrected chi connectivity index (χ1v) is 9.01. The van der Waals surface area contributed by atoms with E-state index in [4.69, 9.17) is 0 Å². The molecule has 130 valence electrons. The lowest BCUT2D eigenvalue weighted by Gasteiger charge is -2.41. The third kappa shape index (κ3) is 3.96. The average molecular weight is 329 g/mol. The maximum atomic E-state index is 12.5. The van der Waals surface area contributed by atoms with E-state index in [0.29, 0.717) is 12.5 Å². The molecule has 1 aromatic carbocycles. The number of likely N-dealkylation sites (tertiary alicyclic amines) is 1. The molecule has 0 aliphatic carbocycles. The fourth-order valence-electron chi connectivity index (χ4n) is 3.67. The number of rotatable bonds is 5. The fraction of sp³-hybridized carbons (Fsp3) is 0.579. The van der Waals surface area contributed by atoms with E-state index in [1.54, 1.807) is 4.90 Å². The molecular weight excluding hydrogens is 302 g/mol. The van der Waals surface area contributed by atoms with Gasteiger partial charge in [0, 0.05) is 45.2 Å². The highest BCUT2D eigenvalue weighted by Crippen LogP contribution is 2.17. The van der Waals surface area contributed by atoms with E-state index in [1.165, 1.54) is 5.56 Å². The monoisotopic (exact) mass is 329 g/mol. The zero-order valence-electron chi connectivity index (χ0n) is 14.5. The number of nitrogens with zero attached hydrogens (tertiary/aromatic N) is 3. The molecule has 24 heavy (non-hydrogen) atoms. The summed E-state index contributed by atoms with van der Waals surface area (Å²) in [4.78, 5) is 30.4. The molecule has 2 saturated heterocycles. The standard InChI is InChI=1S/C19H27N3O2/c1-2-17-14-22(19(24)15-21-10-6-9-18(21)23)12-11-20(17)13-16-7-4-3-5-8-16/h3-5,7-8,17H,2,6,9-15H2,1H3/t17-/m0/s1. The Labute approximate surface area is 144 Å². The van der Waals surface area contributed by atoms with Crippen LogP contribution in [0.2, 0.25) is 0 Å². The molecule has 2 fully saturated rings. The molecule has 5 nitrogen and oxygen atoms in total. The number of carbonyl (C=O) groups excluding carboxylic acids is 2. The SMILES string of the molecule is CC[C@H]1CN(C(=O)CN2CCCC2=O)CCN1Cc1ccccc1. The van der Waals surface area contributed by atoms with E-state index in [-0.39, 0.29) is 18.4 Å². The molecule has 1 atom stereocenters. The molecule has 2 aliphatic heterocycles. The third-order valence-corrected chi connectivity index (χ3v) is 5.15. The molecule has 0 N–H and O–H groups in total. The highest BCUT2D eigenvalue weighted by molar-refractivity contribution is 5.86. The number of piperazine rings is 1. The third-order valence-electron chi connectivity index (χ3n) is 5.15. The molecular formula is C19H27N3O2. The van der Waals surface area contributed by atoms with Gasteiger partial charge in [-0.2, -0.15) is 0 Å². The van der Waals surface area contributed by atoms with Gasteiger partial charge in [-0.1, -0.05) is 37.3 Å². The minimum Gasteiger partial charge on any atom is -0.338 e. The van der Waals surface area contributed by atoms with Gasteiger partial charge in [-0.05, 0) is 18.4 Å². The topological polar surface area (TPSA) is 43.9 Å². The van der Waals surface area contributed by atoms with Crippen LogP contribution >= 0.6 is 0 Å². The second-order valence-corrected chi connectivity index (χ2v) is 6.78. The van der Waals surface area contributed by atoms with Crippen LogP contribution in [0.3, 0.4) is 0 Å². The Balaban J connectivity index is 1.56. The van der Waals surface area contributed by atoms with Gasteiger partial charge in [0.1, 0.15) is 0 Å². The lowest BCUT2D eigenvalue weighted by Crippen LogP contribution is -2.55. The van der Waals surface area contributed by atoms with E-state index < -0.39 is 0 Å². The van der Waals surface area contributed by atoms with Crippen LogP contribution in [0, 0.1) is 0 Å². The van der Waals surface area contributed by atoms with Crippen molar-refractivity contribution in [1.29, 1.82) is 0 Å². The molecule has 2 aliphatic rings. The molecule has 2 amide bonds. The summed E-state index contributed by atoms with van der Waals surface area (Å²) in [5.74, 6) is 0.223. The number of benzene rings is 1. The summed E-state index contributed by atoms with van der Waals surface area (Å²) in [6.07, 6.45) is 2.50. The van der Waals surface area contributed by atoms with E-state index in [9.17, 15) is 9.59 Å². The van der Waals surface area contributed by atoms with Crippen molar-refractivity contribution in [3.63, 3.8) is 0 Å². The van der Waals surface area contributed by atoms with Crippen molar-refractivity contribution in [3.05, 3.63) is 35.9 Å². The second kappa shape index (κ2) is 7.79. The van der Waals surface area contributed by atoms with E-state index >= 15 is 0 Å². The molecule has 0 unspecified atom stereocenters. The molecule has 5 heteroatoms. The van der Waals surface area contributed by atoms with Crippen LogP contribution in [-0.2, 0) is 16.1 Å². The normalized spacial score (nSPS) is 22.2. The first-order chi connectivity index (χ1) is 11.7.